The van der Waals surface area contributed by atoms with Crippen LogP contribution in [0.1, 0.15) is 33.1 Å². The Morgan fingerprint density at radius 1 is 1.37 bits per heavy atom. The van der Waals surface area contributed by atoms with Crippen LogP contribution in [0.3, 0.4) is 0 Å². The van der Waals surface area contributed by atoms with Crippen molar-refractivity contribution in [3.63, 3.8) is 0 Å². The topological polar surface area (TPSA) is 78.9 Å². The Hall–Kier alpha value is -1.30. The summed E-state index contributed by atoms with van der Waals surface area (Å²) < 4.78 is 5.38. The van der Waals surface area contributed by atoms with Crippen LogP contribution in [0.25, 0.3) is 0 Å². The first-order valence-corrected chi connectivity index (χ1v) is 6.79. The lowest BCUT2D eigenvalue weighted by Gasteiger charge is -2.42. The summed E-state index contributed by atoms with van der Waals surface area (Å²) in [5.74, 6) is -1.08. The number of hydrogen-bond donors (Lipinski definition) is 2. The summed E-state index contributed by atoms with van der Waals surface area (Å²) in [7, 11) is 0. The molecule has 1 aliphatic heterocycles. The average Bonchev–Trinajstić information content (AvgIpc) is 2.76. The molecular formula is C13H22N2O4. The summed E-state index contributed by atoms with van der Waals surface area (Å²) in [6.45, 7) is 5.61. The molecule has 0 unspecified atom stereocenters. The van der Waals surface area contributed by atoms with Gasteiger partial charge in [0.2, 0.25) is 0 Å². The van der Waals surface area contributed by atoms with Crippen molar-refractivity contribution >= 4 is 12.0 Å². The fraction of sp³-hybridized carbons (Fsp3) is 0.846. The zero-order chi connectivity index (χ0) is 14.0. The molecule has 0 aromatic carbocycles. The maximum absolute atomic E-state index is 12.3. The van der Waals surface area contributed by atoms with Gasteiger partial charge >= 0.3 is 12.0 Å². The molecule has 0 radical (unpaired) electrons. The van der Waals surface area contributed by atoms with Crippen LogP contribution < -0.4 is 5.32 Å². The first kappa shape index (κ1) is 14.1. The van der Waals surface area contributed by atoms with E-state index in [1.807, 2.05) is 13.8 Å². The molecule has 2 rings (SSSR count). The standard InChI is InChI=1S/C13H22N2O4/c1-13(2)8-19-6-5-15(13)12(18)14-10-4-3-9(7-10)11(16)17/h9-10H,3-8H2,1-2H3,(H,14,18)(H,16,17)/t9-,10+/m1/s1. The largest absolute Gasteiger partial charge is 0.481 e. The molecule has 6 heteroatoms. The number of carboxylic acids is 1. The quantitative estimate of drug-likeness (QED) is 0.786. The minimum atomic E-state index is -0.761. The molecule has 2 aliphatic rings. The Bertz CT molecular complexity index is 370. The predicted molar refractivity (Wildman–Crippen MR) is 68.9 cm³/mol. The molecule has 1 saturated carbocycles. The molecule has 6 nitrogen and oxygen atoms in total. The van der Waals surface area contributed by atoms with Crippen LogP contribution in [0, 0.1) is 5.92 Å². The van der Waals surface area contributed by atoms with Crippen molar-refractivity contribution in [1.82, 2.24) is 10.2 Å². The Morgan fingerprint density at radius 2 is 2.11 bits per heavy atom. The van der Waals surface area contributed by atoms with E-state index in [-0.39, 0.29) is 23.5 Å². The number of urea groups is 1. The van der Waals surface area contributed by atoms with Crippen LogP contribution in [0.5, 0.6) is 0 Å². The van der Waals surface area contributed by atoms with Crippen molar-refractivity contribution < 1.29 is 19.4 Å². The van der Waals surface area contributed by atoms with Gasteiger partial charge in [-0.3, -0.25) is 4.79 Å². The van der Waals surface area contributed by atoms with Gasteiger partial charge in [-0.2, -0.15) is 0 Å². The minimum absolute atomic E-state index is 0.0211. The van der Waals surface area contributed by atoms with Crippen molar-refractivity contribution in [1.29, 1.82) is 0 Å². The van der Waals surface area contributed by atoms with Gasteiger partial charge in [0.1, 0.15) is 0 Å². The zero-order valence-corrected chi connectivity index (χ0v) is 11.5. The van der Waals surface area contributed by atoms with E-state index in [2.05, 4.69) is 5.32 Å². The number of ether oxygens (including phenoxy) is 1. The maximum Gasteiger partial charge on any atom is 0.318 e. The van der Waals surface area contributed by atoms with Crippen LogP contribution in [0.4, 0.5) is 4.79 Å². The summed E-state index contributed by atoms with van der Waals surface area (Å²) in [5, 5.41) is 11.9. The summed E-state index contributed by atoms with van der Waals surface area (Å²) in [5.41, 5.74) is -0.312. The van der Waals surface area contributed by atoms with Crippen LogP contribution in [-0.4, -0.2) is 53.3 Å². The highest BCUT2D eigenvalue weighted by molar-refractivity contribution is 5.76. The van der Waals surface area contributed by atoms with Gasteiger partial charge in [0.15, 0.2) is 0 Å². The van der Waals surface area contributed by atoms with Crippen molar-refractivity contribution in [2.75, 3.05) is 19.8 Å². The number of carbonyl (C=O) groups is 2. The highest BCUT2D eigenvalue weighted by Crippen LogP contribution is 2.26. The van der Waals surface area contributed by atoms with Crippen LogP contribution in [-0.2, 0) is 9.53 Å². The third kappa shape index (κ3) is 3.18. The molecule has 0 aromatic rings. The van der Waals surface area contributed by atoms with Crippen molar-refractivity contribution in [3.8, 4) is 0 Å². The molecule has 2 fully saturated rings. The van der Waals surface area contributed by atoms with E-state index in [1.54, 1.807) is 4.90 Å². The smallest absolute Gasteiger partial charge is 0.318 e. The maximum atomic E-state index is 12.3. The zero-order valence-electron chi connectivity index (χ0n) is 11.5. The second kappa shape index (κ2) is 5.36. The molecule has 2 N–H and O–H groups in total. The van der Waals surface area contributed by atoms with Gasteiger partial charge in [0, 0.05) is 12.6 Å². The molecule has 0 spiro atoms. The second-order valence-electron chi connectivity index (χ2n) is 6.01. The summed E-state index contributed by atoms with van der Waals surface area (Å²) in [4.78, 5) is 24.9. The fourth-order valence-corrected chi connectivity index (χ4v) is 2.82. The van der Waals surface area contributed by atoms with Crippen LogP contribution >= 0.6 is 0 Å². The number of morpholine rings is 1. The predicted octanol–water partition coefficient (Wildman–Crippen LogP) is 1.06. The SMILES string of the molecule is CC1(C)COCCN1C(=O)N[C@H]1CC[C@@H](C(=O)O)C1. The fourth-order valence-electron chi connectivity index (χ4n) is 2.82. The highest BCUT2D eigenvalue weighted by Gasteiger charge is 2.36. The minimum Gasteiger partial charge on any atom is -0.481 e. The lowest BCUT2D eigenvalue weighted by molar-refractivity contribution is -0.141. The lowest BCUT2D eigenvalue weighted by Crippen LogP contribution is -2.59. The first-order chi connectivity index (χ1) is 8.90. The van der Waals surface area contributed by atoms with E-state index in [0.29, 0.717) is 32.6 Å². The molecule has 2 atom stereocenters. The third-order valence-corrected chi connectivity index (χ3v) is 4.00. The highest BCUT2D eigenvalue weighted by atomic mass is 16.5. The van der Waals surface area contributed by atoms with E-state index in [1.165, 1.54) is 0 Å². The average molecular weight is 270 g/mol. The van der Waals surface area contributed by atoms with Gasteiger partial charge in [0.25, 0.3) is 0 Å². The van der Waals surface area contributed by atoms with Gasteiger partial charge in [-0.15, -0.1) is 0 Å². The van der Waals surface area contributed by atoms with Gasteiger partial charge in [-0.25, -0.2) is 4.79 Å². The van der Waals surface area contributed by atoms with Crippen molar-refractivity contribution in [3.05, 3.63) is 0 Å². The molecule has 0 bridgehead atoms. The molecule has 1 aliphatic carbocycles. The Labute approximate surface area is 113 Å². The Morgan fingerprint density at radius 3 is 2.68 bits per heavy atom. The molecule has 1 saturated heterocycles. The monoisotopic (exact) mass is 270 g/mol. The molecule has 108 valence electrons. The molecule has 0 aromatic heterocycles. The Balaban J connectivity index is 1.89. The van der Waals surface area contributed by atoms with Gasteiger partial charge in [-0.1, -0.05) is 0 Å². The number of nitrogens with one attached hydrogen (secondary N) is 1. The van der Waals surface area contributed by atoms with E-state index in [0.717, 1.165) is 6.42 Å². The summed E-state index contributed by atoms with van der Waals surface area (Å²) in [6.07, 6.45) is 1.92. The number of nitrogens with zero attached hydrogens (tertiary/aromatic N) is 1. The van der Waals surface area contributed by atoms with Crippen LogP contribution in [0.2, 0.25) is 0 Å². The third-order valence-electron chi connectivity index (χ3n) is 4.00. The molecular weight excluding hydrogens is 248 g/mol. The van der Waals surface area contributed by atoms with Crippen molar-refractivity contribution in [2.45, 2.75) is 44.7 Å². The van der Waals surface area contributed by atoms with Crippen LogP contribution in [0.15, 0.2) is 0 Å². The van der Waals surface area contributed by atoms with E-state index >= 15 is 0 Å². The Kier molecular flexibility index (Phi) is 3.99. The van der Waals surface area contributed by atoms with Crippen molar-refractivity contribution in [2.24, 2.45) is 5.92 Å². The summed E-state index contributed by atoms with van der Waals surface area (Å²) >= 11 is 0. The van der Waals surface area contributed by atoms with E-state index < -0.39 is 5.97 Å². The van der Waals surface area contributed by atoms with E-state index in [4.69, 9.17) is 9.84 Å². The second-order valence-corrected chi connectivity index (χ2v) is 6.01. The lowest BCUT2D eigenvalue weighted by atomic mass is 10.0. The normalized spacial score (nSPS) is 30.1. The summed E-state index contributed by atoms with van der Waals surface area (Å²) in [6, 6.07) is -0.128. The first-order valence-electron chi connectivity index (χ1n) is 6.79. The number of aliphatic carboxylic acids is 1. The number of amides is 2. The van der Waals surface area contributed by atoms with E-state index in [9.17, 15) is 9.59 Å². The van der Waals surface area contributed by atoms with Gasteiger partial charge < -0.3 is 20.1 Å². The molecule has 1 heterocycles. The number of hydrogen-bond acceptors (Lipinski definition) is 3. The van der Waals surface area contributed by atoms with Gasteiger partial charge in [0.05, 0.1) is 24.7 Å². The number of carbonyl (C=O) groups excluding carboxylic acids is 1. The molecule has 2 amide bonds. The van der Waals surface area contributed by atoms with Gasteiger partial charge in [-0.05, 0) is 33.1 Å². The number of rotatable bonds is 2. The molecule has 19 heavy (non-hydrogen) atoms. The number of carboxylic acid groups (broad SMARTS) is 1.